The number of pyridine rings is 1. The van der Waals surface area contributed by atoms with Gasteiger partial charge >= 0.3 is 6.18 Å². The molecule has 0 saturated carbocycles. The van der Waals surface area contributed by atoms with E-state index in [1.165, 1.54) is 13.2 Å². The minimum Gasteiger partial charge on any atom is -0.355 e. The molecule has 2 aromatic rings. The van der Waals surface area contributed by atoms with Gasteiger partial charge in [-0.3, -0.25) is 14.8 Å². The van der Waals surface area contributed by atoms with Crippen molar-refractivity contribution in [3.8, 4) is 0 Å². The van der Waals surface area contributed by atoms with Crippen LogP contribution >= 0.6 is 11.3 Å². The zero-order valence-corrected chi connectivity index (χ0v) is 14.6. The number of amides is 1. The molecule has 0 unspecified atom stereocenters. The SMILES string of the molecule is CN=C(NCCNC(=O)c1cccnc1)NCc1nc(C(F)(F)F)cs1. The van der Waals surface area contributed by atoms with E-state index in [4.69, 9.17) is 0 Å². The van der Waals surface area contributed by atoms with Crippen LogP contribution in [0.4, 0.5) is 13.2 Å². The van der Waals surface area contributed by atoms with Crippen molar-refractivity contribution in [2.24, 2.45) is 4.99 Å². The van der Waals surface area contributed by atoms with E-state index in [9.17, 15) is 18.0 Å². The van der Waals surface area contributed by atoms with Crippen LogP contribution in [0, 0.1) is 0 Å². The first-order chi connectivity index (χ1) is 12.4. The average molecular weight is 386 g/mol. The van der Waals surface area contributed by atoms with E-state index in [1.807, 2.05) is 0 Å². The first kappa shape index (κ1) is 19.6. The monoisotopic (exact) mass is 386 g/mol. The molecule has 0 fully saturated rings. The number of thiazole rings is 1. The zero-order valence-electron chi connectivity index (χ0n) is 13.8. The summed E-state index contributed by atoms with van der Waals surface area (Å²) in [5.74, 6) is 0.148. The molecule has 26 heavy (non-hydrogen) atoms. The Labute approximate surface area is 151 Å². The van der Waals surface area contributed by atoms with Crippen molar-refractivity contribution in [2.45, 2.75) is 12.7 Å². The Kier molecular flexibility index (Phi) is 6.89. The van der Waals surface area contributed by atoms with Crippen LogP contribution in [0.2, 0.25) is 0 Å². The molecule has 2 aromatic heterocycles. The number of hydrogen-bond donors (Lipinski definition) is 3. The number of aromatic nitrogens is 2. The smallest absolute Gasteiger partial charge is 0.355 e. The van der Waals surface area contributed by atoms with Crippen LogP contribution in [0.15, 0.2) is 34.9 Å². The molecule has 0 spiro atoms. The molecular formula is C15H17F3N6OS. The second kappa shape index (κ2) is 9.13. The predicted octanol–water partition coefficient (Wildman–Crippen LogP) is 1.65. The molecule has 0 aliphatic carbocycles. The van der Waals surface area contributed by atoms with Crippen molar-refractivity contribution in [3.05, 3.63) is 46.2 Å². The number of hydrogen-bond acceptors (Lipinski definition) is 5. The molecule has 3 N–H and O–H groups in total. The molecule has 140 valence electrons. The van der Waals surface area contributed by atoms with Crippen molar-refractivity contribution in [1.82, 2.24) is 25.9 Å². The number of carbonyl (C=O) groups is 1. The van der Waals surface area contributed by atoms with Crippen molar-refractivity contribution in [1.29, 1.82) is 0 Å². The highest BCUT2D eigenvalue weighted by molar-refractivity contribution is 7.09. The zero-order chi connectivity index (χ0) is 19.0. The maximum Gasteiger partial charge on any atom is 0.434 e. The molecule has 0 radical (unpaired) electrons. The Balaban J connectivity index is 1.71. The molecule has 1 amide bonds. The molecule has 2 rings (SSSR count). The number of alkyl halides is 3. The summed E-state index contributed by atoms with van der Waals surface area (Å²) in [5, 5.41) is 9.80. The largest absolute Gasteiger partial charge is 0.434 e. The lowest BCUT2D eigenvalue weighted by Crippen LogP contribution is -2.41. The van der Waals surface area contributed by atoms with E-state index in [0.717, 1.165) is 16.7 Å². The lowest BCUT2D eigenvalue weighted by atomic mass is 10.3. The van der Waals surface area contributed by atoms with Gasteiger partial charge in [0.2, 0.25) is 0 Å². The quantitative estimate of drug-likeness (QED) is 0.399. The minimum atomic E-state index is -4.44. The van der Waals surface area contributed by atoms with Crippen LogP contribution in [0.1, 0.15) is 21.1 Å². The van der Waals surface area contributed by atoms with Crippen LogP contribution in [0.3, 0.4) is 0 Å². The van der Waals surface area contributed by atoms with E-state index in [1.54, 1.807) is 18.3 Å². The lowest BCUT2D eigenvalue weighted by Gasteiger charge is -2.11. The van der Waals surface area contributed by atoms with E-state index < -0.39 is 11.9 Å². The van der Waals surface area contributed by atoms with Crippen molar-refractivity contribution >= 4 is 23.2 Å². The van der Waals surface area contributed by atoms with E-state index in [2.05, 4.69) is 30.9 Å². The molecule has 11 heteroatoms. The summed E-state index contributed by atoms with van der Waals surface area (Å²) in [6, 6.07) is 3.32. The number of halogens is 3. The van der Waals surface area contributed by atoms with E-state index in [0.29, 0.717) is 29.6 Å². The lowest BCUT2D eigenvalue weighted by molar-refractivity contribution is -0.140. The summed E-state index contributed by atoms with van der Waals surface area (Å²) < 4.78 is 37.5. The Morgan fingerprint density at radius 1 is 1.27 bits per heavy atom. The molecule has 7 nitrogen and oxygen atoms in total. The van der Waals surface area contributed by atoms with Gasteiger partial charge in [0.05, 0.1) is 12.1 Å². The summed E-state index contributed by atoms with van der Waals surface area (Å²) in [4.78, 5) is 23.2. The number of aliphatic imine (C=N–C) groups is 1. The van der Waals surface area contributed by atoms with Gasteiger partial charge < -0.3 is 16.0 Å². The summed E-state index contributed by atoms with van der Waals surface area (Å²) in [5.41, 5.74) is -0.445. The summed E-state index contributed by atoms with van der Waals surface area (Å²) in [7, 11) is 1.53. The number of rotatable bonds is 6. The fraction of sp³-hybridized carbons (Fsp3) is 0.333. The van der Waals surface area contributed by atoms with Gasteiger partial charge in [0, 0.05) is 37.9 Å². The molecule has 0 aliphatic heterocycles. The number of nitrogens with one attached hydrogen (secondary N) is 3. The average Bonchev–Trinajstić information content (AvgIpc) is 3.11. The van der Waals surface area contributed by atoms with E-state index >= 15 is 0 Å². The van der Waals surface area contributed by atoms with Crippen LogP contribution in [-0.4, -0.2) is 42.0 Å². The standard InChI is InChI=1S/C15H17F3N6OS/c1-19-14(23-8-12-24-11(9-26-12)15(16,17)18)22-6-5-21-13(25)10-3-2-4-20-7-10/h2-4,7,9H,5-6,8H2,1H3,(H,21,25)(H2,19,22,23). The second-order valence-corrected chi connectivity index (χ2v) is 5.92. The fourth-order valence-corrected chi connectivity index (χ4v) is 2.60. The maximum atomic E-state index is 12.5. The van der Waals surface area contributed by atoms with Gasteiger partial charge in [-0.05, 0) is 12.1 Å². The third kappa shape index (κ3) is 5.99. The highest BCUT2D eigenvalue weighted by Crippen LogP contribution is 2.29. The van der Waals surface area contributed by atoms with E-state index in [-0.39, 0.29) is 12.5 Å². The number of guanidine groups is 1. The van der Waals surface area contributed by atoms with Gasteiger partial charge in [0.25, 0.3) is 5.91 Å². The van der Waals surface area contributed by atoms with Gasteiger partial charge in [-0.15, -0.1) is 11.3 Å². The van der Waals surface area contributed by atoms with Gasteiger partial charge in [0.15, 0.2) is 11.7 Å². The third-order valence-electron chi connectivity index (χ3n) is 3.10. The predicted molar refractivity (Wildman–Crippen MR) is 91.9 cm³/mol. The Bertz CT molecular complexity index is 747. The topological polar surface area (TPSA) is 91.3 Å². The van der Waals surface area contributed by atoms with Gasteiger partial charge in [-0.2, -0.15) is 13.2 Å². The van der Waals surface area contributed by atoms with Gasteiger partial charge in [-0.25, -0.2) is 4.98 Å². The molecule has 0 saturated heterocycles. The minimum absolute atomic E-state index is 0.114. The molecule has 0 bridgehead atoms. The summed E-state index contributed by atoms with van der Waals surface area (Å²) in [6.07, 6.45) is -1.40. The highest BCUT2D eigenvalue weighted by atomic mass is 32.1. The third-order valence-corrected chi connectivity index (χ3v) is 3.95. The van der Waals surface area contributed by atoms with Crippen molar-refractivity contribution < 1.29 is 18.0 Å². The first-order valence-electron chi connectivity index (χ1n) is 7.54. The molecular weight excluding hydrogens is 369 g/mol. The second-order valence-electron chi connectivity index (χ2n) is 4.97. The number of nitrogens with zero attached hydrogens (tertiary/aromatic N) is 3. The molecule has 2 heterocycles. The number of carbonyl (C=O) groups excluding carboxylic acids is 1. The van der Waals surface area contributed by atoms with Crippen LogP contribution in [0.25, 0.3) is 0 Å². The molecule has 0 atom stereocenters. The maximum absolute atomic E-state index is 12.5. The summed E-state index contributed by atoms with van der Waals surface area (Å²) >= 11 is 0.919. The Morgan fingerprint density at radius 3 is 2.65 bits per heavy atom. The fourth-order valence-electron chi connectivity index (χ4n) is 1.86. The molecule has 0 aliphatic rings. The van der Waals surface area contributed by atoms with Crippen LogP contribution in [0.5, 0.6) is 0 Å². The van der Waals surface area contributed by atoms with Gasteiger partial charge in [-0.1, -0.05) is 0 Å². The van der Waals surface area contributed by atoms with Crippen molar-refractivity contribution in [3.63, 3.8) is 0 Å². The summed E-state index contributed by atoms with van der Waals surface area (Å²) in [6.45, 7) is 0.837. The Morgan fingerprint density at radius 2 is 2.04 bits per heavy atom. The van der Waals surface area contributed by atoms with Crippen molar-refractivity contribution in [2.75, 3.05) is 20.1 Å². The highest BCUT2D eigenvalue weighted by Gasteiger charge is 2.33. The van der Waals surface area contributed by atoms with Crippen LogP contribution < -0.4 is 16.0 Å². The Hall–Kier alpha value is -2.69. The van der Waals surface area contributed by atoms with Gasteiger partial charge in [0.1, 0.15) is 5.01 Å². The normalized spacial score (nSPS) is 11.9. The first-order valence-corrected chi connectivity index (χ1v) is 8.42. The molecule has 0 aromatic carbocycles. The van der Waals surface area contributed by atoms with Crippen LogP contribution in [-0.2, 0) is 12.7 Å².